The summed E-state index contributed by atoms with van der Waals surface area (Å²) in [4.78, 5) is 70.4. The second-order valence-electron chi connectivity index (χ2n) is 6.53. The molecule has 4 amide bonds. The number of carbonyl (C=O) groups excluding carboxylic acids is 4. The van der Waals surface area contributed by atoms with Crippen molar-refractivity contribution < 1.29 is 43.7 Å². The molecule has 166 valence electrons. The van der Waals surface area contributed by atoms with Crippen LogP contribution in [0.1, 0.15) is 33.6 Å². The highest BCUT2D eigenvalue weighted by Gasteiger charge is 2.34. The lowest BCUT2D eigenvalue weighted by molar-refractivity contribution is -0.143. The number of carboxylic acids is 2. The zero-order valence-electron chi connectivity index (χ0n) is 16.3. The molecule has 0 spiro atoms. The highest BCUT2D eigenvalue weighted by atomic mass is 16.5. The van der Waals surface area contributed by atoms with Gasteiger partial charge in [-0.1, -0.05) is 12.1 Å². The molecule has 1 atom stereocenters. The Morgan fingerprint density at radius 1 is 1.00 bits per heavy atom. The number of hydrogen-bond donors (Lipinski definition) is 4. The van der Waals surface area contributed by atoms with Crippen molar-refractivity contribution in [3.63, 3.8) is 0 Å². The maximum absolute atomic E-state index is 12.2. The number of amides is 4. The first-order chi connectivity index (χ1) is 14.7. The van der Waals surface area contributed by atoms with E-state index in [1.54, 1.807) is 24.3 Å². The van der Waals surface area contributed by atoms with Crippen LogP contribution < -0.4 is 10.6 Å². The first-order valence-corrected chi connectivity index (χ1v) is 9.24. The van der Waals surface area contributed by atoms with E-state index in [1.165, 1.54) is 0 Å². The van der Waals surface area contributed by atoms with E-state index >= 15 is 0 Å². The lowest BCUT2D eigenvalue weighted by atomic mass is 10.1. The summed E-state index contributed by atoms with van der Waals surface area (Å²) in [5, 5.41) is 21.9. The molecule has 1 aliphatic rings. The minimum atomic E-state index is -1.39. The largest absolute Gasteiger partial charge is 0.481 e. The van der Waals surface area contributed by atoms with E-state index in [0.29, 0.717) is 11.1 Å². The second-order valence-corrected chi connectivity index (χ2v) is 6.53. The minimum absolute atomic E-state index is 0.0516. The van der Waals surface area contributed by atoms with Crippen molar-refractivity contribution in [2.24, 2.45) is 0 Å². The van der Waals surface area contributed by atoms with Crippen molar-refractivity contribution in [3.05, 3.63) is 35.4 Å². The molecule has 2 rings (SSSR count). The van der Waals surface area contributed by atoms with Gasteiger partial charge in [0, 0.05) is 6.42 Å². The maximum Gasteiger partial charge on any atom is 0.326 e. The normalized spacial score (nSPS) is 13.5. The summed E-state index contributed by atoms with van der Waals surface area (Å²) in [7, 11) is 0. The monoisotopic (exact) mass is 435 g/mol. The average molecular weight is 435 g/mol. The Morgan fingerprint density at radius 3 is 2.16 bits per heavy atom. The Bertz CT molecular complexity index is 864. The summed E-state index contributed by atoms with van der Waals surface area (Å²) >= 11 is 0. The van der Waals surface area contributed by atoms with Gasteiger partial charge in [0.15, 0.2) is 0 Å². The number of ether oxygens (including phenoxy) is 1. The fraction of sp³-hybridized carbons (Fsp3) is 0.368. The van der Waals surface area contributed by atoms with E-state index in [9.17, 15) is 28.8 Å². The van der Waals surface area contributed by atoms with Crippen LogP contribution >= 0.6 is 0 Å². The fourth-order valence-electron chi connectivity index (χ4n) is 2.76. The molecule has 0 fully saturated rings. The van der Waals surface area contributed by atoms with Crippen LogP contribution in [0.3, 0.4) is 0 Å². The number of hydrogen-bond acceptors (Lipinski definition) is 7. The van der Waals surface area contributed by atoms with Crippen LogP contribution in [0.25, 0.3) is 0 Å². The topological polar surface area (TPSA) is 179 Å². The van der Waals surface area contributed by atoms with Gasteiger partial charge in [-0.3, -0.25) is 28.9 Å². The number of benzene rings is 1. The number of nitrogens with one attached hydrogen (secondary N) is 2. The lowest BCUT2D eigenvalue weighted by Crippen LogP contribution is -2.46. The maximum atomic E-state index is 12.2. The molecule has 0 saturated carbocycles. The summed E-state index contributed by atoms with van der Waals surface area (Å²) in [5.74, 6) is -4.96. The predicted octanol–water partition coefficient (Wildman–Crippen LogP) is -1.15. The van der Waals surface area contributed by atoms with E-state index in [0.717, 1.165) is 4.90 Å². The van der Waals surface area contributed by atoms with Gasteiger partial charge in [0.25, 0.3) is 11.8 Å². The van der Waals surface area contributed by atoms with Gasteiger partial charge in [0.1, 0.15) is 12.6 Å². The first-order valence-electron chi connectivity index (χ1n) is 9.24. The van der Waals surface area contributed by atoms with Crippen LogP contribution in [0.15, 0.2) is 24.3 Å². The summed E-state index contributed by atoms with van der Waals surface area (Å²) in [6.07, 6.45) is -0.740. The quantitative estimate of drug-likeness (QED) is 0.233. The predicted molar refractivity (Wildman–Crippen MR) is 102 cm³/mol. The molecule has 0 bridgehead atoms. The number of fused-ring (bicyclic) bond motifs is 1. The molecule has 0 unspecified atom stereocenters. The number of carbonyl (C=O) groups is 6. The highest BCUT2D eigenvalue weighted by Crippen LogP contribution is 2.21. The zero-order valence-corrected chi connectivity index (χ0v) is 16.3. The third kappa shape index (κ3) is 6.60. The van der Waals surface area contributed by atoms with Crippen molar-refractivity contribution in [1.29, 1.82) is 0 Å². The van der Waals surface area contributed by atoms with Crippen LogP contribution in [-0.2, 0) is 23.9 Å². The van der Waals surface area contributed by atoms with Gasteiger partial charge in [-0.25, -0.2) is 4.79 Å². The third-order valence-electron chi connectivity index (χ3n) is 4.30. The molecule has 12 heteroatoms. The van der Waals surface area contributed by atoms with Crippen molar-refractivity contribution in [2.45, 2.75) is 18.9 Å². The summed E-state index contributed by atoms with van der Waals surface area (Å²) in [5.41, 5.74) is 0.610. The molecule has 1 heterocycles. The summed E-state index contributed by atoms with van der Waals surface area (Å²) in [6, 6.07) is 5.00. The fourth-order valence-corrected chi connectivity index (χ4v) is 2.76. The SMILES string of the molecule is O=C(O)CC[C@@H](NC(=O)CNC(=O)COCCN1C(=O)c2ccccc2C1=O)C(=O)O. The number of rotatable bonds is 12. The van der Waals surface area contributed by atoms with E-state index < -0.39 is 61.2 Å². The van der Waals surface area contributed by atoms with Crippen LogP contribution in [-0.4, -0.2) is 83.0 Å². The van der Waals surface area contributed by atoms with E-state index in [-0.39, 0.29) is 19.6 Å². The minimum Gasteiger partial charge on any atom is -0.481 e. The zero-order chi connectivity index (χ0) is 23.0. The van der Waals surface area contributed by atoms with Crippen LogP contribution in [0, 0.1) is 0 Å². The molecule has 1 aromatic rings. The van der Waals surface area contributed by atoms with Gasteiger partial charge in [-0.05, 0) is 18.6 Å². The molecule has 0 aliphatic carbocycles. The summed E-state index contributed by atoms with van der Waals surface area (Å²) in [6.45, 7) is -1.12. The number of carboxylic acid groups (broad SMARTS) is 2. The lowest BCUT2D eigenvalue weighted by Gasteiger charge is -2.15. The smallest absolute Gasteiger partial charge is 0.326 e. The molecule has 31 heavy (non-hydrogen) atoms. The summed E-state index contributed by atoms with van der Waals surface area (Å²) < 4.78 is 5.12. The highest BCUT2D eigenvalue weighted by molar-refractivity contribution is 6.21. The Balaban J connectivity index is 1.67. The standard InChI is InChI=1S/C19H21N3O9/c23-14(21-13(19(29)30)5-6-16(25)26)9-20-15(24)10-31-8-7-22-17(27)11-3-1-2-4-12(11)18(22)28/h1-4,13H,5-10H2,(H,20,24)(H,21,23)(H,25,26)(H,29,30)/t13-/m1/s1. The van der Waals surface area contributed by atoms with Crippen molar-refractivity contribution >= 4 is 35.6 Å². The number of aliphatic carboxylic acids is 2. The van der Waals surface area contributed by atoms with Crippen LogP contribution in [0.2, 0.25) is 0 Å². The van der Waals surface area contributed by atoms with Crippen molar-refractivity contribution in [2.75, 3.05) is 26.3 Å². The molecule has 12 nitrogen and oxygen atoms in total. The molecule has 4 N–H and O–H groups in total. The van der Waals surface area contributed by atoms with E-state index in [2.05, 4.69) is 10.6 Å². The average Bonchev–Trinajstić information content (AvgIpc) is 2.97. The van der Waals surface area contributed by atoms with Gasteiger partial charge in [0.05, 0.1) is 30.8 Å². The third-order valence-corrected chi connectivity index (χ3v) is 4.30. The van der Waals surface area contributed by atoms with Crippen LogP contribution in [0.4, 0.5) is 0 Å². The Morgan fingerprint density at radius 2 is 1.61 bits per heavy atom. The first kappa shape index (κ1) is 23.5. The van der Waals surface area contributed by atoms with Crippen molar-refractivity contribution in [3.8, 4) is 0 Å². The van der Waals surface area contributed by atoms with E-state index in [1.807, 2.05) is 0 Å². The molecule has 0 radical (unpaired) electrons. The molecule has 1 aliphatic heterocycles. The van der Waals surface area contributed by atoms with Gasteiger partial charge >= 0.3 is 11.9 Å². The van der Waals surface area contributed by atoms with Gasteiger partial charge in [-0.2, -0.15) is 0 Å². The molecular formula is C19H21N3O9. The molecule has 0 aromatic heterocycles. The molecular weight excluding hydrogens is 414 g/mol. The van der Waals surface area contributed by atoms with Crippen LogP contribution in [0.5, 0.6) is 0 Å². The Kier molecular flexibility index (Phi) is 8.20. The molecule has 0 saturated heterocycles. The van der Waals surface area contributed by atoms with Gasteiger partial charge < -0.3 is 25.6 Å². The van der Waals surface area contributed by atoms with Gasteiger partial charge in [0.2, 0.25) is 11.8 Å². The molecule has 1 aromatic carbocycles. The van der Waals surface area contributed by atoms with E-state index in [4.69, 9.17) is 14.9 Å². The second kappa shape index (κ2) is 10.8. The Hall–Kier alpha value is -3.80. The Labute approximate surface area is 176 Å². The van der Waals surface area contributed by atoms with Crippen molar-refractivity contribution in [1.82, 2.24) is 15.5 Å². The number of nitrogens with zero attached hydrogens (tertiary/aromatic N) is 1. The number of imide groups is 1. The van der Waals surface area contributed by atoms with Gasteiger partial charge in [-0.15, -0.1) is 0 Å².